The molecule has 22 heavy (non-hydrogen) atoms. The van der Waals surface area contributed by atoms with Crippen LogP contribution in [0.15, 0.2) is 24.3 Å². The number of hydrogen-bond donors (Lipinski definition) is 2. The van der Waals surface area contributed by atoms with Gasteiger partial charge in [-0.1, -0.05) is 12.1 Å². The molecule has 1 aromatic carbocycles. The summed E-state index contributed by atoms with van der Waals surface area (Å²) >= 11 is 0. The molecule has 0 aromatic heterocycles. The highest BCUT2D eigenvalue weighted by molar-refractivity contribution is 5.85. The van der Waals surface area contributed by atoms with Gasteiger partial charge in [0.25, 0.3) is 0 Å². The van der Waals surface area contributed by atoms with Gasteiger partial charge in [0.2, 0.25) is 5.91 Å². The molecule has 0 radical (unpaired) electrons. The number of carbonyl (C=O) groups excluding carboxylic acids is 1. The van der Waals surface area contributed by atoms with Crippen LogP contribution in [0.1, 0.15) is 19.4 Å². The first kappa shape index (κ1) is 18.7. The van der Waals surface area contributed by atoms with E-state index in [0.717, 1.165) is 30.9 Å². The van der Waals surface area contributed by atoms with Crippen LogP contribution in [0.25, 0.3) is 0 Å². The molecule has 1 aliphatic rings. The van der Waals surface area contributed by atoms with Crippen molar-refractivity contribution < 1.29 is 9.53 Å². The third-order valence-electron chi connectivity index (χ3n) is 3.68. The summed E-state index contributed by atoms with van der Waals surface area (Å²) in [4.78, 5) is 14.2. The highest BCUT2D eigenvalue weighted by Gasteiger charge is 2.19. The Kier molecular flexibility index (Phi) is 8.24. The lowest BCUT2D eigenvalue weighted by molar-refractivity contribution is -0.123. The molecule has 5 nitrogen and oxygen atoms in total. The summed E-state index contributed by atoms with van der Waals surface area (Å²) in [7, 11) is 0. The summed E-state index contributed by atoms with van der Waals surface area (Å²) in [5.74, 6) is 0.922. The third-order valence-corrected chi connectivity index (χ3v) is 3.68. The molecular weight excluding hydrogens is 302 g/mol. The fourth-order valence-corrected chi connectivity index (χ4v) is 2.47. The van der Waals surface area contributed by atoms with Crippen LogP contribution < -0.4 is 15.4 Å². The van der Waals surface area contributed by atoms with E-state index in [2.05, 4.69) is 22.5 Å². The molecule has 2 rings (SSSR count). The molecule has 0 saturated carbocycles. The number of ether oxygens (including phenoxy) is 1. The van der Waals surface area contributed by atoms with Gasteiger partial charge in [0.15, 0.2) is 0 Å². The summed E-state index contributed by atoms with van der Waals surface area (Å²) in [5, 5.41) is 6.31. The van der Waals surface area contributed by atoms with Gasteiger partial charge in [-0.05, 0) is 31.5 Å². The zero-order chi connectivity index (χ0) is 15.1. The molecular formula is C16H26ClN3O2. The Morgan fingerprint density at radius 1 is 1.50 bits per heavy atom. The van der Waals surface area contributed by atoms with Gasteiger partial charge in [0.05, 0.1) is 13.2 Å². The van der Waals surface area contributed by atoms with Gasteiger partial charge in [-0.2, -0.15) is 0 Å². The molecule has 1 saturated heterocycles. The van der Waals surface area contributed by atoms with Crippen molar-refractivity contribution in [2.45, 2.75) is 26.4 Å². The number of amides is 1. The Balaban J connectivity index is 0.00000242. The standard InChI is InChI=1S/C16H25N3O2.ClH/c1-3-21-15-6-4-5-14(9-15)11-18-16(20)12-19-8-7-17-10-13(19)2;/h4-6,9,13,17H,3,7-8,10-12H2,1-2H3,(H,18,20);1H/t13-;/m1./s1. The topological polar surface area (TPSA) is 53.6 Å². The zero-order valence-electron chi connectivity index (χ0n) is 13.3. The van der Waals surface area contributed by atoms with E-state index in [0.29, 0.717) is 25.7 Å². The van der Waals surface area contributed by atoms with Crippen LogP contribution in [0.5, 0.6) is 5.75 Å². The van der Waals surface area contributed by atoms with Crippen LogP contribution in [-0.4, -0.2) is 49.6 Å². The first-order chi connectivity index (χ1) is 10.2. The van der Waals surface area contributed by atoms with E-state index in [9.17, 15) is 4.79 Å². The summed E-state index contributed by atoms with van der Waals surface area (Å²) in [6.45, 7) is 8.59. The number of hydrogen-bond acceptors (Lipinski definition) is 4. The van der Waals surface area contributed by atoms with E-state index in [1.165, 1.54) is 0 Å². The number of nitrogens with zero attached hydrogens (tertiary/aromatic N) is 1. The van der Waals surface area contributed by atoms with Crippen LogP contribution in [0.2, 0.25) is 0 Å². The maximum Gasteiger partial charge on any atom is 0.234 e. The molecule has 1 heterocycles. The van der Waals surface area contributed by atoms with Crippen molar-refractivity contribution >= 4 is 18.3 Å². The molecule has 0 spiro atoms. The van der Waals surface area contributed by atoms with Gasteiger partial charge in [-0.15, -0.1) is 12.4 Å². The number of benzene rings is 1. The second-order valence-corrected chi connectivity index (χ2v) is 5.38. The number of rotatable bonds is 6. The van der Waals surface area contributed by atoms with E-state index in [1.807, 2.05) is 31.2 Å². The molecule has 0 aliphatic carbocycles. The van der Waals surface area contributed by atoms with Gasteiger partial charge >= 0.3 is 0 Å². The maximum absolute atomic E-state index is 12.0. The average Bonchev–Trinajstić information content (AvgIpc) is 2.48. The Morgan fingerprint density at radius 2 is 2.32 bits per heavy atom. The minimum absolute atomic E-state index is 0. The van der Waals surface area contributed by atoms with Crippen LogP contribution in [0.4, 0.5) is 0 Å². The molecule has 1 aromatic rings. The second-order valence-electron chi connectivity index (χ2n) is 5.38. The number of halogens is 1. The van der Waals surface area contributed by atoms with E-state index >= 15 is 0 Å². The fraction of sp³-hybridized carbons (Fsp3) is 0.562. The lowest BCUT2D eigenvalue weighted by Gasteiger charge is -2.33. The van der Waals surface area contributed by atoms with Crippen LogP contribution >= 0.6 is 12.4 Å². The molecule has 6 heteroatoms. The normalized spacial score (nSPS) is 18.4. The summed E-state index contributed by atoms with van der Waals surface area (Å²) < 4.78 is 5.46. The Hall–Kier alpha value is -1.30. The Morgan fingerprint density at radius 3 is 3.05 bits per heavy atom. The van der Waals surface area contributed by atoms with E-state index in [4.69, 9.17) is 4.74 Å². The number of piperazine rings is 1. The van der Waals surface area contributed by atoms with Crippen LogP contribution in [0.3, 0.4) is 0 Å². The zero-order valence-corrected chi connectivity index (χ0v) is 14.1. The highest BCUT2D eigenvalue weighted by Crippen LogP contribution is 2.13. The quantitative estimate of drug-likeness (QED) is 0.829. The SMILES string of the molecule is CCOc1cccc(CNC(=O)CN2CCNC[C@H]2C)c1.Cl. The Bertz CT molecular complexity index is 470. The molecule has 1 fully saturated rings. The molecule has 1 atom stereocenters. The molecule has 1 amide bonds. The molecule has 2 N–H and O–H groups in total. The second kappa shape index (κ2) is 9.66. The van der Waals surface area contributed by atoms with E-state index in [1.54, 1.807) is 0 Å². The molecule has 0 bridgehead atoms. The van der Waals surface area contributed by atoms with Gasteiger partial charge in [0, 0.05) is 32.2 Å². The van der Waals surface area contributed by atoms with Crippen molar-refractivity contribution in [3.63, 3.8) is 0 Å². The van der Waals surface area contributed by atoms with E-state index in [-0.39, 0.29) is 18.3 Å². The summed E-state index contributed by atoms with van der Waals surface area (Å²) in [5.41, 5.74) is 1.06. The number of nitrogens with one attached hydrogen (secondary N) is 2. The minimum Gasteiger partial charge on any atom is -0.494 e. The van der Waals surface area contributed by atoms with Crippen molar-refractivity contribution in [3.8, 4) is 5.75 Å². The van der Waals surface area contributed by atoms with Crippen molar-refractivity contribution in [1.29, 1.82) is 0 Å². The summed E-state index contributed by atoms with van der Waals surface area (Å²) in [6, 6.07) is 8.25. The number of carbonyl (C=O) groups is 1. The maximum atomic E-state index is 12.0. The van der Waals surface area contributed by atoms with Crippen molar-refractivity contribution in [2.24, 2.45) is 0 Å². The Labute approximate surface area is 138 Å². The van der Waals surface area contributed by atoms with Crippen molar-refractivity contribution in [3.05, 3.63) is 29.8 Å². The van der Waals surface area contributed by atoms with E-state index < -0.39 is 0 Å². The first-order valence-electron chi connectivity index (χ1n) is 7.62. The predicted octanol–water partition coefficient (Wildman–Crippen LogP) is 1.42. The lowest BCUT2D eigenvalue weighted by atomic mass is 10.2. The van der Waals surface area contributed by atoms with Gasteiger partial charge in [-0.25, -0.2) is 0 Å². The molecule has 1 aliphatic heterocycles. The molecule has 0 unspecified atom stereocenters. The molecule has 124 valence electrons. The van der Waals surface area contributed by atoms with Crippen LogP contribution in [-0.2, 0) is 11.3 Å². The largest absolute Gasteiger partial charge is 0.494 e. The third kappa shape index (κ3) is 5.83. The minimum atomic E-state index is 0. The van der Waals surface area contributed by atoms with Crippen molar-refractivity contribution in [1.82, 2.24) is 15.5 Å². The average molecular weight is 328 g/mol. The summed E-state index contributed by atoms with van der Waals surface area (Å²) in [6.07, 6.45) is 0. The van der Waals surface area contributed by atoms with Gasteiger partial charge < -0.3 is 15.4 Å². The lowest BCUT2D eigenvalue weighted by Crippen LogP contribution is -2.52. The predicted molar refractivity (Wildman–Crippen MR) is 90.6 cm³/mol. The van der Waals surface area contributed by atoms with Crippen molar-refractivity contribution in [2.75, 3.05) is 32.8 Å². The van der Waals surface area contributed by atoms with Gasteiger partial charge in [0.1, 0.15) is 5.75 Å². The monoisotopic (exact) mass is 327 g/mol. The van der Waals surface area contributed by atoms with Gasteiger partial charge in [-0.3, -0.25) is 9.69 Å². The van der Waals surface area contributed by atoms with Crippen LogP contribution in [0, 0.1) is 0 Å². The first-order valence-corrected chi connectivity index (χ1v) is 7.62. The smallest absolute Gasteiger partial charge is 0.234 e. The fourth-order valence-electron chi connectivity index (χ4n) is 2.47. The highest BCUT2D eigenvalue weighted by atomic mass is 35.5.